The highest BCUT2D eigenvalue weighted by atomic mass is 19.1. The molecule has 7 nitrogen and oxygen atoms in total. The highest BCUT2D eigenvalue weighted by molar-refractivity contribution is 5.91. The third kappa shape index (κ3) is 4.27. The summed E-state index contributed by atoms with van der Waals surface area (Å²) in [6, 6.07) is 3.13. The summed E-state index contributed by atoms with van der Waals surface area (Å²) >= 11 is 0. The number of hydrogen-bond acceptors (Lipinski definition) is 5. The smallest absolute Gasteiger partial charge is 0.304 e. The van der Waals surface area contributed by atoms with Crippen molar-refractivity contribution < 1.29 is 18.8 Å². The van der Waals surface area contributed by atoms with Gasteiger partial charge in [-0.3, -0.25) is 14.9 Å². The molecule has 1 unspecified atom stereocenters. The quantitative estimate of drug-likeness (QED) is 0.593. The topological polar surface area (TPSA) is 107 Å². The third-order valence-corrected chi connectivity index (χ3v) is 2.44. The third-order valence-electron chi connectivity index (χ3n) is 2.44. The van der Waals surface area contributed by atoms with Crippen LogP contribution in [0.25, 0.3) is 0 Å². The van der Waals surface area contributed by atoms with Crippen molar-refractivity contribution in [3.8, 4) is 0 Å². The number of nitrogens with one attached hydrogen (secondary N) is 1. The Kier molecular flexibility index (Phi) is 5.34. The first-order chi connectivity index (χ1) is 8.97. The Balaban J connectivity index is 2.70. The maximum absolute atomic E-state index is 13.3. The molecular weight excluding hydrogens is 257 g/mol. The molecule has 1 aromatic rings. The maximum atomic E-state index is 13.3. The second-order valence-corrected chi connectivity index (χ2v) is 3.77. The SMILES string of the molecule is COC(CN)CC(=O)Nc1ccc([N+](=O)[O-])c(F)c1. The van der Waals surface area contributed by atoms with E-state index in [9.17, 15) is 19.3 Å². The standard InChI is InChI=1S/C11H14FN3O4/c1-19-8(6-13)5-11(16)14-7-2-3-10(15(17)18)9(12)4-7/h2-4,8H,5-6,13H2,1H3,(H,14,16). The van der Waals surface area contributed by atoms with Crippen molar-refractivity contribution in [2.24, 2.45) is 5.73 Å². The summed E-state index contributed by atoms with van der Waals surface area (Å²) < 4.78 is 18.2. The zero-order chi connectivity index (χ0) is 14.4. The van der Waals surface area contributed by atoms with Crippen LogP contribution in [-0.4, -0.2) is 30.6 Å². The van der Waals surface area contributed by atoms with Crippen molar-refractivity contribution in [3.63, 3.8) is 0 Å². The van der Waals surface area contributed by atoms with Crippen molar-refractivity contribution >= 4 is 17.3 Å². The van der Waals surface area contributed by atoms with Crippen molar-refractivity contribution in [3.05, 3.63) is 34.1 Å². The van der Waals surface area contributed by atoms with Crippen LogP contribution in [0.3, 0.4) is 0 Å². The van der Waals surface area contributed by atoms with Gasteiger partial charge in [0.2, 0.25) is 11.7 Å². The number of nitrogens with zero attached hydrogens (tertiary/aromatic N) is 1. The molecule has 3 N–H and O–H groups in total. The molecule has 0 aliphatic heterocycles. The van der Waals surface area contributed by atoms with Gasteiger partial charge < -0.3 is 15.8 Å². The molecule has 104 valence electrons. The van der Waals surface area contributed by atoms with E-state index in [-0.39, 0.29) is 18.7 Å². The van der Waals surface area contributed by atoms with Crippen molar-refractivity contribution in [2.45, 2.75) is 12.5 Å². The molecule has 0 spiro atoms. The van der Waals surface area contributed by atoms with Crippen LogP contribution < -0.4 is 11.1 Å². The minimum absolute atomic E-state index is 0.0195. The predicted molar refractivity (Wildman–Crippen MR) is 66.2 cm³/mol. The molecule has 0 heterocycles. The molecule has 0 aromatic heterocycles. The van der Waals surface area contributed by atoms with Crippen molar-refractivity contribution in [2.75, 3.05) is 19.0 Å². The van der Waals surface area contributed by atoms with E-state index < -0.39 is 28.4 Å². The number of benzene rings is 1. The first-order valence-corrected chi connectivity index (χ1v) is 5.44. The number of methoxy groups -OCH3 is 1. The number of halogens is 1. The van der Waals surface area contributed by atoms with E-state index in [1.54, 1.807) is 0 Å². The van der Waals surface area contributed by atoms with Gasteiger partial charge in [-0.15, -0.1) is 0 Å². The van der Waals surface area contributed by atoms with Gasteiger partial charge in [0.25, 0.3) is 0 Å². The highest BCUT2D eigenvalue weighted by Gasteiger charge is 2.16. The number of nitro groups is 1. The van der Waals surface area contributed by atoms with Crippen LogP contribution in [0.4, 0.5) is 15.8 Å². The van der Waals surface area contributed by atoms with Gasteiger partial charge in [-0.1, -0.05) is 0 Å². The average Bonchev–Trinajstić information content (AvgIpc) is 2.35. The molecule has 0 saturated carbocycles. The van der Waals surface area contributed by atoms with Crippen molar-refractivity contribution in [1.82, 2.24) is 0 Å². The van der Waals surface area contributed by atoms with Crippen LogP contribution in [0, 0.1) is 15.9 Å². The second kappa shape index (κ2) is 6.76. The minimum Gasteiger partial charge on any atom is -0.380 e. The molecule has 0 aliphatic carbocycles. The van der Waals surface area contributed by atoms with Gasteiger partial charge in [0.15, 0.2) is 0 Å². The summed E-state index contributed by atoms with van der Waals surface area (Å²) in [7, 11) is 1.43. The molecule has 0 saturated heterocycles. The Labute approximate surface area is 108 Å². The molecule has 1 amide bonds. The number of rotatable bonds is 6. The molecule has 0 aliphatic rings. The summed E-state index contributed by atoms with van der Waals surface area (Å²) in [6.45, 7) is 0.179. The summed E-state index contributed by atoms with van der Waals surface area (Å²) in [5, 5.41) is 12.8. The lowest BCUT2D eigenvalue weighted by Crippen LogP contribution is -2.28. The Bertz CT molecular complexity index is 477. The fourth-order valence-electron chi connectivity index (χ4n) is 1.41. The molecule has 1 rings (SSSR count). The van der Waals surface area contributed by atoms with Gasteiger partial charge in [0, 0.05) is 31.5 Å². The Morgan fingerprint density at radius 1 is 1.63 bits per heavy atom. The van der Waals surface area contributed by atoms with Crippen LogP contribution in [0.1, 0.15) is 6.42 Å². The van der Waals surface area contributed by atoms with Gasteiger partial charge in [0.1, 0.15) is 0 Å². The number of nitro benzene ring substituents is 1. The van der Waals surface area contributed by atoms with Gasteiger partial charge in [-0.2, -0.15) is 4.39 Å². The van der Waals surface area contributed by atoms with Gasteiger partial charge >= 0.3 is 5.69 Å². The fourth-order valence-corrected chi connectivity index (χ4v) is 1.41. The molecule has 1 aromatic carbocycles. The zero-order valence-corrected chi connectivity index (χ0v) is 10.3. The van der Waals surface area contributed by atoms with E-state index in [0.717, 1.165) is 12.1 Å². The lowest BCUT2D eigenvalue weighted by Gasteiger charge is -2.12. The van der Waals surface area contributed by atoms with Crippen LogP contribution in [0.2, 0.25) is 0 Å². The molecule has 0 radical (unpaired) electrons. The number of anilines is 1. The van der Waals surface area contributed by atoms with E-state index in [0.29, 0.717) is 0 Å². The predicted octanol–water partition coefficient (Wildman–Crippen LogP) is 1.04. The number of amides is 1. The molecule has 19 heavy (non-hydrogen) atoms. The number of nitrogens with two attached hydrogens (primary N) is 1. The van der Waals surface area contributed by atoms with E-state index in [2.05, 4.69) is 5.32 Å². The lowest BCUT2D eigenvalue weighted by molar-refractivity contribution is -0.387. The highest BCUT2D eigenvalue weighted by Crippen LogP contribution is 2.20. The summed E-state index contributed by atoms with van der Waals surface area (Å²) in [5.41, 5.74) is 4.86. The zero-order valence-electron chi connectivity index (χ0n) is 10.3. The fraction of sp³-hybridized carbons (Fsp3) is 0.364. The van der Waals surface area contributed by atoms with Gasteiger partial charge in [-0.05, 0) is 6.07 Å². The lowest BCUT2D eigenvalue weighted by atomic mass is 10.2. The summed E-state index contributed by atoms with van der Waals surface area (Å²) in [4.78, 5) is 21.2. The van der Waals surface area contributed by atoms with Crippen molar-refractivity contribution in [1.29, 1.82) is 0 Å². The van der Waals surface area contributed by atoms with E-state index in [1.165, 1.54) is 13.2 Å². The normalized spacial score (nSPS) is 11.9. The molecular formula is C11H14FN3O4. The minimum atomic E-state index is -1.01. The van der Waals surface area contributed by atoms with Crippen LogP contribution in [0.5, 0.6) is 0 Å². The van der Waals surface area contributed by atoms with Crippen LogP contribution in [0.15, 0.2) is 18.2 Å². The Morgan fingerprint density at radius 2 is 2.32 bits per heavy atom. The van der Waals surface area contributed by atoms with E-state index >= 15 is 0 Å². The van der Waals surface area contributed by atoms with Crippen LogP contribution in [-0.2, 0) is 9.53 Å². The molecule has 0 fully saturated rings. The largest absolute Gasteiger partial charge is 0.380 e. The van der Waals surface area contributed by atoms with E-state index in [4.69, 9.17) is 10.5 Å². The number of ether oxygens (including phenoxy) is 1. The first kappa shape index (κ1) is 15.0. The van der Waals surface area contributed by atoms with E-state index in [1.807, 2.05) is 0 Å². The second-order valence-electron chi connectivity index (χ2n) is 3.77. The average molecular weight is 271 g/mol. The number of carbonyl (C=O) groups excluding carboxylic acids is 1. The number of carbonyl (C=O) groups is 1. The molecule has 8 heteroatoms. The first-order valence-electron chi connectivity index (χ1n) is 5.44. The summed E-state index contributed by atoms with van der Waals surface area (Å²) in [6.07, 6.45) is -0.408. The Hall–Kier alpha value is -2.06. The monoisotopic (exact) mass is 271 g/mol. The Morgan fingerprint density at radius 3 is 2.79 bits per heavy atom. The molecule has 1 atom stereocenters. The number of hydrogen-bond donors (Lipinski definition) is 2. The van der Waals surface area contributed by atoms with Crippen LogP contribution >= 0.6 is 0 Å². The summed E-state index contributed by atoms with van der Waals surface area (Å²) in [5.74, 6) is -1.42. The molecule has 0 bridgehead atoms. The van der Waals surface area contributed by atoms with Gasteiger partial charge in [-0.25, -0.2) is 0 Å². The maximum Gasteiger partial charge on any atom is 0.304 e. The van der Waals surface area contributed by atoms with Gasteiger partial charge in [0.05, 0.1) is 17.4 Å².